The van der Waals surface area contributed by atoms with Crippen LogP contribution in [0.1, 0.15) is 19.4 Å². The van der Waals surface area contributed by atoms with Crippen molar-refractivity contribution in [3.05, 3.63) is 64.4 Å². The van der Waals surface area contributed by atoms with Gasteiger partial charge in [0.1, 0.15) is 0 Å². The van der Waals surface area contributed by atoms with Crippen LogP contribution < -0.4 is 16.2 Å². The number of para-hydroxylation sites is 1. The number of hydrogen-bond acceptors (Lipinski definition) is 5. The molecule has 29 heavy (non-hydrogen) atoms. The smallest absolute Gasteiger partial charge is 0.321 e. The Kier molecular flexibility index (Phi) is 6.33. The van der Waals surface area contributed by atoms with Gasteiger partial charge in [-0.15, -0.1) is 0 Å². The maximum absolute atomic E-state index is 13.2. The molecule has 7 nitrogen and oxygen atoms in total. The molecule has 0 fully saturated rings. The number of rotatable bonds is 5. The average molecular weight is 410 g/mol. The van der Waals surface area contributed by atoms with Crippen molar-refractivity contribution in [3.63, 3.8) is 0 Å². The van der Waals surface area contributed by atoms with Crippen molar-refractivity contribution < 1.29 is 9.59 Å². The first-order chi connectivity index (χ1) is 13.9. The van der Waals surface area contributed by atoms with Crippen molar-refractivity contribution in [2.45, 2.75) is 30.7 Å². The van der Waals surface area contributed by atoms with Crippen LogP contribution in [0.15, 0.2) is 58.5 Å². The Morgan fingerprint density at radius 1 is 1.14 bits per heavy atom. The summed E-state index contributed by atoms with van der Waals surface area (Å²) in [5.41, 5.74) is 2.18. The zero-order valence-corrected chi connectivity index (χ0v) is 17.2. The predicted molar refractivity (Wildman–Crippen MR) is 115 cm³/mol. The van der Waals surface area contributed by atoms with E-state index in [0.717, 1.165) is 23.7 Å². The first-order valence-electron chi connectivity index (χ1n) is 9.25. The van der Waals surface area contributed by atoms with Crippen LogP contribution >= 0.6 is 11.8 Å². The lowest BCUT2D eigenvalue weighted by molar-refractivity contribution is -0.119. The molecule has 2 N–H and O–H groups in total. The minimum absolute atomic E-state index is 0.207. The third kappa shape index (κ3) is 4.48. The van der Waals surface area contributed by atoms with Gasteiger partial charge in [0, 0.05) is 7.05 Å². The third-order valence-electron chi connectivity index (χ3n) is 4.46. The van der Waals surface area contributed by atoms with Crippen LogP contribution in [0.25, 0.3) is 16.6 Å². The number of hydrogen-bond donors (Lipinski definition) is 2. The molecule has 0 saturated heterocycles. The minimum Gasteiger partial charge on any atom is -0.341 e. The summed E-state index contributed by atoms with van der Waals surface area (Å²) in [5.74, 6) is -0.468. The Bertz CT molecular complexity index is 1110. The second-order valence-electron chi connectivity index (χ2n) is 6.40. The van der Waals surface area contributed by atoms with Gasteiger partial charge in [-0.25, -0.2) is 9.78 Å². The monoisotopic (exact) mass is 410 g/mol. The normalized spacial score (nSPS) is 11.8. The van der Waals surface area contributed by atoms with Crippen LogP contribution in [0.3, 0.4) is 0 Å². The quantitative estimate of drug-likeness (QED) is 0.498. The van der Waals surface area contributed by atoms with Crippen LogP contribution in [0.2, 0.25) is 0 Å². The predicted octanol–water partition coefficient (Wildman–Crippen LogP) is 2.88. The summed E-state index contributed by atoms with van der Waals surface area (Å²) in [7, 11) is 1.43. The van der Waals surface area contributed by atoms with Gasteiger partial charge in [-0.1, -0.05) is 43.0 Å². The molecule has 1 atom stereocenters. The number of aromatic nitrogens is 2. The molecule has 1 heterocycles. The van der Waals surface area contributed by atoms with Crippen molar-refractivity contribution in [2.75, 3.05) is 7.05 Å². The highest BCUT2D eigenvalue weighted by Gasteiger charge is 2.21. The van der Waals surface area contributed by atoms with Gasteiger partial charge >= 0.3 is 6.03 Å². The van der Waals surface area contributed by atoms with Crippen molar-refractivity contribution in [3.8, 4) is 5.69 Å². The number of benzene rings is 2. The molecule has 0 unspecified atom stereocenters. The lowest BCUT2D eigenvalue weighted by Gasteiger charge is -2.16. The van der Waals surface area contributed by atoms with Gasteiger partial charge in [0.05, 0.1) is 21.8 Å². The Morgan fingerprint density at radius 2 is 1.83 bits per heavy atom. The lowest BCUT2D eigenvalue weighted by Crippen LogP contribution is -2.41. The number of nitrogens with one attached hydrogen (secondary N) is 2. The van der Waals surface area contributed by atoms with E-state index in [9.17, 15) is 14.4 Å². The van der Waals surface area contributed by atoms with E-state index < -0.39 is 17.2 Å². The molecule has 2 aromatic carbocycles. The van der Waals surface area contributed by atoms with E-state index in [0.29, 0.717) is 21.7 Å². The number of amides is 3. The Morgan fingerprint density at radius 3 is 2.48 bits per heavy atom. The fourth-order valence-corrected chi connectivity index (χ4v) is 3.71. The molecule has 1 aromatic heterocycles. The molecular weight excluding hydrogens is 388 g/mol. The maximum Gasteiger partial charge on any atom is 0.321 e. The molecule has 0 spiro atoms. The SMILES string of the molecule is CCc1ccc(-n2c(S[C@@H](C)C(=O)NC(=O)NC)nc3ccccc3c2=O)cc1. The van der Waals surface area contributed by atoms with Crippen molar-refractivity contribution >= 4 is 34.6 Å². The number of carbonyl (C=O) groups is 2. The van der Waals surface area contributed by atoms with E-state index in [1.54, 1.807) is 25.1 Å². The van der Waals surface area contributed by atoms with Crippen LogP contribution in [0.4, 0.5) is 4.79 Å². The zero-order valence-electron chi connectivity index (χ0n) is 16.4. The summed E-state index contributed by atoms with van der Waals surface area (Å²) >= 11 is 1.12. The highest BCUT2D eigenvalue weighted by Crippen LogP contribution is 2.25. The molecule has 150 valence electrons. The summed E-state index contributed by atoms with van der Waals surface area (Å²) in [6.45, 7) is 3.72. The lowest BCUT2D eigenvalue weighted by atomic mass is 10.1. The highest BCUT2D eigenvalue weighted by molar-refractivity contribution is 8.00. The number of imide groups is 1. The summed E-state index contributed by atoms with van der Waals surface area (Å²) in [4.78, 5) is 41.6. The van der Waals surface area contributed by atoms with E-state index >= 15 is 0 Å². The van der Waals surface area contributed by atoms with Crippen molar-refractivity contribution in [2.24, 2.45) is 0 Å². The summed E-state index contributed by atoms with van der Waals surface area (Å²) in [6.07, 6.45) is 0.892. The number of aryl methyl sites for hydroxylation is 1. The van der Waals surface area contributed by atoms with E-state index in [1.807, 2.05) is 30.3 Å². The zero-order chi connectivity index (χ0) is 21.0. The molecule has 0 bridgehead atoms. The van der Waals surface area contributed by atoms with E-state index in [2.05, 4.69) is 22.5 Å². The van der Waals surface area contributed by atoms with E-state index in [1.165, 1.54) is 11.6 Å². The standard InChI is InChI=1S/C21H22N4O3S/c1-4-14-9-11-15(12-10-14)25-19(27)16-7-5-6-8-17(16)23-21(25)29-13(2)18(26)24-20(28)22-3/h5-13H,4H2,1-3H3,(H2,22,24,26,28)/t13-/m0/s1. The molecule has 3 aromatic rings. The first-order valence-corrected chi connectivity index (χ1v) is 10.1. The van der Waals surface area contributed by atoms with Gasteiger partial charge in [-0.3, -0.25) is 19.5 Å². The fraction of sp³-hybridized carbons (Fsp3) is 0.238. The molecule has 0 aliphatic rings. The van der Waals surface area contributed by atoms with Gasteiger partial charge in [0.25, 0.3) is 5.56 Å². The number of thioether (sulfide) groups is 1. The second kappa shape index (κ2) is 8.91. The van der Waals surface area contributed by atoms with E-state index in [-0.39, 0.29) is 5.56 Å². The fourth-order valence-electron chi connectivity index (χ4n) is 2.79. The summed E-state index contributed by atoms with van der Waals surface area (Å²) < 4.78 is 1.51. The van der Waals surface area contributed by atoms with Gasteiger partial charge in [0.15, 0.2) is 5.16 Å². The van der Waals surface area contributed by atoms with Gasteiger partial charge in [-0.2, -0.15) is 0 Å². The Hall–Kier alpha value is -3.13. The Labute approximate surface area is 172 Å². The molecule has 0 radical (unpaired) electrons. The number of carbonyl (C=O) groups excluding carboxylic acids is 2. The highest BCUT2D eigenvalue weighted by atomic mass is 32.2. The summed E-state index contributed by atoms with van der Waals surface area (Å²) in [5, 5.41) is 4.84. The van der Waals surface area contributed by atoms with Gasteiger partial charge in [-0.05, 0) is 43.2 Å². The number of fused-ring (bicyclic) bond motifs is 1. The van der Waals surface area contributed by atoms with Crippen LogP contribution in [-0.2, 0) is 11.2 Å². The molecule has 0 saturated carbocycles. The molecular formula is C21H22N4O3S. The van der Waals surface area contributed by atoms with Crippen molar-refractivity contribution in [1.82, 2.24) is 20.2 Å². The molecule has 0 aliphatic heterocycles. The average Bonchev–Trinajstić information content (AvgIpc) is 2.74. The second-order valence-corrected chi connectivity index (χ2v) is 7.71. The Balaban J connectivity index is 2.08. The van der Waals surface area contributed by atoms with Crippen LogP contribution in [-0.4, -0.2) is 33.8 Å². The summed E-state index contributed by atoms with van der Waals surface area (Å²) in [6, 6.07) is 14.2. The third-order valence-corrected chi connectivity index (χ3v) is 5.52. The molecule has 8 heteroatoms. The minimum atomic E-state index is -0.637. The van der Waals surface area contributed by atoms with Gasteiger partial charge in [0.2, 0.25) is 5.91 Å². The van der Waals surface area contributed by atoms with Gasteiger partial charge < -0.3 is 5.32 Å². The van der Waals surface area contributed by atoms with E-state index in [4.69, 9.17) is 0 Å². The van der Waals surface area contributed by atoms with Crippen LogP contribution in [0, 0.1) is 0 Å². The molecule has 3 amide bonds. The molecule has 0 aliphatic carbocycles. The molecule has 3 rings (SSSR count). The van der Waals surface area contributed by atoms with Crippen LogP contribution in [0.5, 0.6) is 0 Å². The number of nitrogens with zero attached hydrogens (tertiary/aromatic N) is 2. The topological polar surface area (TPSA) is 93.1 Å². The maximum atomic E-state index is 13.2. The largest absolute Gasteiger partial charge is 0.341 e. The first kappa shape index (κ1) is 20.6. The van der Waals surface area contributed by atoms with Crippen molar-refractivity contribution in [1.29, 1.82) is 0 Å². The number of urea groups is 1.